The van der Waals surface area contributed by atoms with Crippen LogP contribution in [0.25, 0.3) is 0 Å². The van der Waals surface area contributed by atoms with Gasteiger partial charge in [0.25, 0.3) is 0 Å². The lowest BCUT2D eigenvalue weighted by Crippen LogP contribution is -2.45. The molecule has 0 heterocycles. The van der Waals surface area contributed by atoms with Crippen LogP contribution in [0.2, 0.25) is 0 Å². The lowest BCUT2D eigenvalue weighted by Gasteiger charge is -2.15. The Morgan fingerprint density at radius 2 is 1.86 bits per heavy atom. The lowest BCUT2D eigenvalue weighted by atomic mass is 10.2. The molecule has 1 atom stereocenters. The Labute approximate surface area is 123 Å². The molecule has 0 fully saturated rings. The van der Waals surface area contributed by atoms with Crippen molar-refractivity contribution < 1.29 is 22.7 Å². The van der Waals surface area contributed by atoms with Gasteiger partial charge in [-0.25, -0.2) is 13.2 Å². The van der Waals surface area contributed by atoms with E-state index in [0.29, 0.717) is 11.3 Å². The van der Waals surface area contributed by atoms with Crippen LogP contribution in [0.15, 0.2) is 24.3 Å². The van der Waals surface area contributed by atoms with Gasteiger partial charge in [-0.1, -0.05) is 12.1 Å². The van der Waals surface area contributed by atoms with Crippen LogP contribution in [0.3, 0.4) is 0 Å². The third-order valence-corrected chi connectivity index (χ3v) is 4.26. The van der Waals surface area contributed by atoms with E-state index in [1.165, 1.54) is 6.92 Å². The Hall–Kier alpha value is -2.09. The number of nitrogen functional groups attached to an aromatic ring is 1. The number of hydrogen-bond donors (Lipinski definition) is 2. The first-order valence-electron chi connectivity index (χ1n) is 6.13. The molecule has 1 amide bonds. The maximum atomic E-state index is 12.1. The van der Waals surface area contributed by atoms with Crippen molar-refractivity contribution in [2.75, 3.05) is 18.6 Å². The Morgan fingerprint density at radius 3 is 2.33 bits per heavy atom. The largest absolute Gasteiger partial charge is 0.467 e. The normalized spacial score (nSPS) is 12.5. The molecule has 3 N–H and O–H groups in total. The quantitative estimate of drug-likeness (QED) is 0.558. The molecule has 0 unspecified atom stereocenters. The summed E-state index contributed by atoms with van der Waals surface area (Å²) >= 11 is 0. The van der Waals surface area contributed by atoms with Crippen molar-refractivity contribution in [2.24, 2.45) is 0 Å². The molecule has 116 valence electrons. The number of nitrogens with one attached hydrogen (secondary N) is 1. The Balaban J connectivity index is 2.82. The summed E-state index contributed by atoms with van der Waals surface area (Å²) in [6, 6.07) is 5.16. The molecule has 1 aromatic carbocycles. The topological polar surface area (TPSA) is 116 Å². The number of esters is 1. The van der Waals surface area contributed by atoms with Gasteiger partial charge in [-0.05, 0) is 17.7 Å². The summed E-state index contributed by atoms with van der Waals surface area (Å²) in [5, 5.41) is 2.27. The molecule has 0 bridgehead atoms. The second kappa shape index (κ2) is 7.07. The number of hydrogen-bond acceptors (Lipinski definition) is 6. The van der Waals surface area contributed by atoms with Crippen molar-refractivity contribution >= 4 is 27.4 Å². The van der Waals surface area contributed by atoms with Gasteiger partial charge in [-0.3, -0.25) is 4.79 Å². The van der Waals surface area contributed by atoms with Gasteiger partial charge in [0.05, 0.1) is 18.6 Å². The molecule has 0 saturated heterocycles. The number of amides is 1. The second-order valence-electron chi connectivity index (χ2n) is 4.57. The van der Waals surface area contributed by atoms with Crippen molar-refractivity contribution in [2.45, 2.75) is 18.7 Å². The van der Waals surface area contributed by atoms with Gasteiger partial charge in [-0.2, -0.15) is 0 Å². The van der Waals surface area contributed by atoms with Crippen LogP contribution in [0.5, 0.6) is 0 Å². The average molecular weight is 314 g/mol. The van der Waals surface area contributed by atoms with Gasteiger partial charge in [-0.15, -0.1) is 0 Å². The predicted octanol–water partition coefficient (Wildman–Crippen LogP) is -0.139. The molecule has 0 radical (unpaired) electrons. The molecule has 1 rings (SSSR count). The number of anilines is 1. The second-order valence-corrected chi connectivity index (χ2v) is 6.68. The first-order valence-corrected chi connectivity index (χ1v) is 7.95. The van der Waals surface area contributed by atoms with E-state index in [1.54, 1.807) is 24.3 Å². The maximum absolute atomic E-state index is 12.1. The molecular weight excluding hydrogens is 296 g/mol. The standard InChI is InChI=1S/C13H18N2O5S/c1-9(16)15-12(13(17)20-2)8-21(18,19)7-10-3-5-11(14)6-4-10/h3-6,12H,7-8,14H2,1-2H3,(H,15,16)/t12-/m0/s1. The van der Waals surface area contributed by atoms with Gasteiger partial charge in [0.1, 0.15) is 6.04 Å². The summed E-state index contributed by atoms with van der Waals surface area (Å²) in [6.45, 7) is 1.20. The zero-order chi connectivity index (χ0) is 16.0. The molecule has 0 spiro atoms. The molecule has 8 heteroatoms. The molecule has 7 nitrogen and oxygen atoms in total. The molecule has 0 aliphatic heterocycles. The van der Waals surface area contributed by atoms with Crippen molar-refractivity contribution in [3.63, 3.8) is 0 Å². The van der Waals surface area contributed by atoms with Crippen molar-refractivity contribution in [1.82, 2.24) is 5.32 Å². The van der Waals surface area contributed by atoms with E-state index in [0.717, 1.165) is 7.11 Å². The molecule has 0 saturated carbocycles. The molecular formula is C13H18N2O5S. The van der Waals surface area contributed by atoms with E-state index in [9.17, 15) is 18.0 Å². The Kier molecular flexibility index (Phi) is 5.71. The highest BCUT2D eigenvalue weighted by molar-refractivity contribution is 7.90. The SMILES string of the molecule is COC(=O)[C@H](CS(=O)(=O)Cc1ccc(N)cc1)NC(C)=O. The van der Waals surface area contributed by atoms with Crippen LogP contribution in [0.4, 0.5) is 5.69 Å². The fourth-order valence-electron chi connectivity index (χ4n) is 1.74. The van der Waals surface area contributed by atoms with Crippen molar-refractivity contribution in [3.8, 4) is 0 Å². The number of carbonyl (C=O) groups excluding carboxylic acids is 2. The summed E-state index contributed by atoms with van der Waals surface area (Å²) in [5.41, 5.74) is 6.61. The van der Waals surface area contributed by atoms with Gasteiger partial charge in [0.15, 0.2) is 9.84 Å². The molecule has 0 aliphatic rings. The van der Waals surface area contributed by atoms with Crippen LogP contribution in [-0.4, -0.2) is 39.2 Å². The summed E-state index contributed by atoms with van der Waals surface area (Å²) in [5.74, 6) is -2.08. The third-order valence-electron chi connectivity index (χ3n) is 2.65. The zero-order valence-corrected chi connectivity index (χ0v) is 12.6. The minimum absolute atomic E-state index is 0.250. The first-order chi connectivity index (χ1) is 9.73. The molecule has 0 aromatic heterocycles. The van der Waals surface area contributed by atoms with Crippen LogP contribution in [0.1, 0.15) is 12.5 Å². The minimum Gasteiger partial charge on any atom is -0.467 e. The molecule has 0 aliphatic carbocycles. The van der Waals surface area contributed by atoms with Crippen LogP contribution < -0.4 is 11.1 Å². The fourth-order valence-corrected chi connectivity index (χ4v) is 3.28. The first kappa shape index (κ1) is 17.0. The smallest absolute Gasteiger partial charge is 0.329 e. The number of sulfone groups is 1. The van der Waals surface area contributed by atoms with E-state index in [4.69, 9.17) is 5.73 Å². The fraction of sp³-hybridized carbons (Fsp3) is 0.385. The molecule has 21 heavy (non-hydrogen) atoms. The summed E-state index contributed by atoms with van der Waals surface area (Å²) in [6.07, 6.45) is 0. The van der Waals surface area contributed by atoms with Crippen LogP contribution in [-0.2, 0) is 29.9 Å². The van der Waals surface area contributed by atoms with Gasteiger partial charge in [0, 0.05) is 12.6 Å². The number of nitrogens with two attached hydrogens (primary N) is 1. The highest BCUT2D eigenvalue weighted by Gasteiger charge is 2.27. The number of benzene rings is 1. The van der Waals surface area contributed by atoms with Crippen LogP contribution >= 0.6 is 0 Å². The van der Waals surface area contributed by atoms with E-state index in [2.05, 4.69) is 10.1 Å². The van der Waals surface area contributed by atoms with E-state index in [1.807, 2.05) is 0 Å². The predicted molar refractivity (Wildman–Crippen MR) is 78.0 cm³/mol. The Bertz CT molecular complexity index is 610. The molecule has 1 aromatic rings. The third kappa shape index (κ3) is 5.82. The summed E-state index contributed by atoms with van der Waals surface area (Å²) in [4.78, 5) is 22.5. The monoisotopic (exact) mass is 314 g/mol. The van der Waals surface area contributed by atoms with E-state index >= 15 is 0 Å². The number of rotatable bonds is 6. The number of carbonyl (C=O) groups is 2. The number of ether oxygens (including phenoxy) is 1. The van der Waals surface area contributed by atoms with Crippen molar-refractivity contribution in [1.29, 1.82) is 0 Å². The van der Waals surface area contributed by atoms with E-state index < -0.39 is 33.5 Å². The van der Waals surface area contributed by atoms with Gasteiger partial charge >= 0.3 is 5.97 Å². The average Bonchev–Trinajstić information content (AvgIpc) is 2.38. The number of methoxy groups -OCH3 is 1. The maximum Gasteiger partial charge on any atom is 0.329 e. The van der Waals surface area contributed by atoms with Crippen LogP contribution in [0, 0.1) is 0 Å². The highest BCUT2D eigenvalue weighted by Crippen LogP contribution is 2.11. The van der Waals surface area contributed by atoms with Gasteiger partial charge in [0.2, 0.25) is 5.91 Å². The van der Waals surface area contributed by atoms with Gasteiger partial charge < -0.3 is 15.8 Å². The summed E-state index contributed by atoms with van der Waals surface area (Å²) < 4.78 is 28.7. The zero-order valence-electron chi connectivity index (χ0n) is 11.8. The van der Waals surface area contributed by atoms with E-state index in [-0.39, 0.29) is 5.75 Å². The minimum atomic E-state index is -3.60. The van der Waals surface area contributed by atoms with Crippen molar-refractivity contribution in [3.05, 3.63) is 29.8 Å². The highest BCUT2D eigenvalue weighted by atomic mass is 32.2. The lowest BCUT2D eigenvalue weighted by molar-refractivity contribution is -0.144. The Morgan fingerprint density at radius 1 is 1.29 bits per heavy atom. The summed E-state index contributed by atoms with van der Waals surface area (Å²) in [7, 11) is -2.48.